The van der Waals surface area contributed by atoms with Gasteiger partial charge in [-0.15, -0.1) is 0 Å². The molecule has 0 aliphatic heterocycles. The molecule has 0 saturated heterocycles. The van der Waals surface area contributed by atoms with Crippen molar-refractivity contribution < 1.29 is 8.42 Å². The second kappa shape index (κ2) is 5.10. The summed E-state index contributed by atoms with van der Waals surface area (Å²) in [6.45, 7) is 1.61. The lowest BCUT2D eigenvalue weighted by molar-refractivity contribution is 0.597. The fourth-order valence-corrected chi connectivity index (χ4v) is 2.22. The molecule has 1 aromatic carbocycles. The van der Waals surface area contributed by atoms with Crippen LogP contribution in [0.15, 0.2) is 29.2 Å². The minimum atomic E-state index is -3.16. The molecule has 1 N–H and O–H groups in total. The van der Waals surface area contributed by atoms with E-state index in [1.54, 1.807) is 26.1 Å². The average Bonchev–Trinajstić information content (AvgIpc) is 2.31. The fraction of sp³-hybridized carbons (Fsp3) is 0.364. The predicted octanol–water partition coefficient (Wildman–Crippen LogP) is 1.26. The molecule has 0 heterocycles. The zero-order chi connectivity index (χ0) is 12.2. The van der Waals surface area contributed by atoms with Crippen molar-refractivity contribution in [2.75, 3.05) is 12.8 Å². The number of hydrogen-bond donors (Lipinski definition) is 1. The Balaban J connectivity index is 3.06. The van der Waals surface area contributed by atoms with Gasteiger partial charge in [0.05, 0.1) is 16.7 Å². The summed E-state index contributed by atoms with van der Waals surface area (Å²) in [6, 6.07) is 8.07. The van der Waals surface area contributed by atoms with Gasteiger partial charge >= 0.3 is 0 Å². The Morgan fingerprint density at radius 3 is 2.31 bits per heavy atom. The molecule has 1 aromatic rings. The van der Waals surface area contributed by atoms with Crippen LogP contribution in [0.2, 0.25) is 0 Å². The van der Waals surface area contributed by atoms with Crippen LogP contribution in [0.5, 0.6) is 0 Å². The monoisotopic (exact) mass is 238 g/mol. The second-order valence-corrected chi connectivity index (χ2v) is 5.60. The van der Waals surface area contributed by atoms with Crippen LogP contribution in [0.3, 0.4) is 0 Å². The minimum Gasteiger partial charge on any atom is -0.301 e. The number of nitrogens with one attached hydrogen (secondary N) is 1. The van der Waals surface area contributed by atoms with E-state index in [1.807, 2.05) is 0 Å². The van der Waals surface area contributed by atoms with Crippen LogP contribution < -0.4 is 5.32 Å². The standard InChI is InChI=1S/C11H14N2O2S/c1-3-16(14,15)10-6-4-9(5-7-10)11(8-12)13-2/h4-7,11,13H,3H2,1-2H3. The zero-order valence-corrected chi connectivity index (χ0v) is 10.1. The summed E-state index contributed by atoms with van der Waals surface area (Å²) in [5.74, 6) is 0.0834. The summed E-state index contributed by atoms with van der Waals surface area (Å²) in [5.41, 5.74) is 0.764. The Morgan fingerprint density at radius 1 is 1.38 bits per heavy atom. The Morgan fingerprint density at radius 2 is 1.94 bits per heavy atom. The smallest absolute Gasteiger partial charge is 0.178 e. The Hall–Kier alpha value is -1.38. The molecular formula is C11H14N2O2S. The molecule has 0 saturated carbocycles. The van der Waals surface area contributed by atoms with E-state index >= 15 is 0 Å². The molecule has 0 spiro atoms. The lowest BCUT2D eigenvalue weighted by Crippen LogP contribution is -2.14. The predicted molar refractivity (Wildman–Crippen MR) is 61.6 cm³/mol. The summed E-state index contributed by atoms with van der Waals surface area (Å²) < 4.78 is 23.1. The third kappa shape index (κ3) is 2.60. The van der Waals surface area contributed by atoms with Crippen molar-refractivity contribution >= 4 is 9.84 Å². The molecule has 0 fully saturated rings. The van der Waals surface area contributed by atoms with E-state index in [0.717, 1.165) is 5.56 Å². The largest absolute Gasteiger partial charge is 0.301 e. The molecule has 0 aromatic heterocycles. The normalized spacial score (nSPS) is 13.1. The van der Waals surface area contributed by atoms with Crippen molar-refractivity contribution in [1.82, 2.24) is 5.32 Å². The topological polar surface area (TPSA) is 70.0 Å². The van der Waals surface area contributed by atoms with Crippen molar-refractivity contribution in [3.05, 3.63) is 29.8 Å². The number of nitrogens with zero attached hydrogens (tertiary/aromatic N) is 1. The highest BCUT2D eigenvalue weighted by Crippen LogP contribution is 2.16. The molecule has 86 valence electrons. The molecule has 0 bridgehead atoms. The van der Waals surface area contributed by atoms with E-state index in [2.05, 4.69) is 11.4 Å². The van der Waals surface area contributed by atoms with Gasteiger partial charge in [-0.3, -0.25) is 0 Å². The van der Waals surface area contributed by atoms with E-state index in [0.29, 0.717) is 4.90 Å². The van der Waals surface area contributed by atoms with Crippen LogP contribution in [-0.2, 0) is 9.84 Å². The molecule has 0 amide bonds. The SMILES string of the molecule is CCS(=O)(=O)c1ccc(C(C#N)NC)cc1. The molecule has 4 nitrogen and oxygen atoms in total. The van der Waals surface area contributed by atoms with Gasteiger partial charge in [0.2, 0.25) is 0 Å². The van der Waals surface area contributed by atoms with Gasteiger partial charge in [-0.1, -0.05) is 19.1 Å². The van der Waals surface area contributed by atoms with Gasteiger partial charge in [0.15, 0.2) is 9.84 Å². The van der Waals surface area contributed by atoms with Crippen molar-refractivity contribution in [1.29, 1.82) is 5.26 Å². The number of hydrogen-bond acceptors (Lipinski definition) is 4. The first-order valence-electron chi connectivity index (χ1n) is 4.94. The van der Waals surface area contributed by atoms with Gasteiger partial charge in [0, 0.05) is 0 Å². The first-order chi connectivity index (χ1) is 7.55. The molecule has 0 radical (unpaired) electrons. The Bertz CT molecular complexity index is 486. The fourth-order valence-electron chi connectivity index (χ4n) is 1.34. The van der Waals surface area contributed by atoms with Crippen LogP contribution in [0.25, 0.3) is 0 Å². The van der Waals surface area contributed by atoms with Gasteiger partial charge in [0.25, 0.3) is 0 Å². The maximum atomic E-state index is 11.5. The highest BCUT2D eigenvalue weighted by atomic mass is 32.2. The van der Waals surface area contributed by atoms with Crippen LogP contribution in [0.4, 0.5) is 0 Å². The van der Waals surface area contributed by atoms with Gasteiger partial charge in [-0.05, 0) is 24.7 Å². The molecule has 0 aliphatic carbocycles. The van der Waals surface area contributed by atoms with E-state index in [9.17, 15) is 8.42 Å². The first kappa shape index (κ1) is 12.7. The van der Waals surface area contributed by atoms with E-state index < -0.39 is 15.9 Å². The number of benzene rings is 1. The average molecular weight is 238 g/mol. The van der Waals surface area contributed by atoms with Crippen molar-refractivity contribution in [3.63, 3.8) is 0 Å². The summed E-state index contributed by atoms with van der Waals surface area (Å²) in [4.78, 5) is 0.298. The lowest BCUT2D eigenvalue weighted by atomic mass is 10.1. The van der Waals surface area contributed by atoms with Gasteiger partial charge < -0.3 is 5.32 Å². The molecular weight excluding hydrogens is 224 g/mol. The zero-order valence-electron chi connectivity index (χ0n) is 9.27. The third-order valence-electron chi connectivity index (χ3n) is 2.37. The van der Waals surface area contributed by atoms with Gasteiger partial charge in [0.1, 0.15) is 6.04 Å². The van der Waals surface area contributed by atoms with E-state index in [-0.39, 0.29) is 5.75 Å². The summed E-state index contributed by atoms with van der Waals surface area (Å²) in [6.07, 6.45) is 0. The number of sulfone groups is 1. The van der Waals surface area contributed by atoms with Crippen molar-refractivity contribution in [2.24, 2.45) is 0 Å². The lowest BCUT2D eigenvalue weighted by Gasteiger charge is -2.08. The summed E-state index contributed by atoms with van der Waals surface area (Å²) in [5, 5.41) is 11.7. The third-order valence-corrected chi connectivity index (χ3v) is 4.12. The Labute approximate surface area is 95.8 Å². The summed E-state index contributed by atoms with van der Waals surface area (Å²) in [7, 11) is -1.47. The Kier molecular flexibility index (Phi) is 4.05. The summed E-state index contributed by atoms with van der Waals surface area (Å²) >= 11 is 0. The van der Waals surface area contributed by atoms with Crippen LogP contribution in [0, 0.1) is 11.3 Å². The van der Waals surface area contributed by atoms with E-state index in [1.165, 1.54) is 12.1 Å². The van der Waals surface area contributed by atoms with E-state index in [4.69, 9.17) is 5.26 Å². The molecule has 1 rings (SSSR count). The molecule has 0 aliphatic rings. The molecule has 16 heavy (non-hydrogen) atoms. The van der Waals surface area contributed by atoms with Crippen LogP contribution in [-0.4, -0.2) is 21.2 Å². The maximum absolute atomic E-state index is 11.5. The number of nitriles is 1. The van der Waals surface area contributed by atoms with Crippen LogP contribution >= 0.6 is 0 Å². The second-order valence-electron chi connectivity index (χ2n) is 3.32. The molecule has 1 atom stereocenters. The quantitative estimate of drug-likeness (QED) is 0.857. The highest BCUT2D eigenvalue weighted by molar-refractivity contribution is 7.91. The van der Waals surface area contributed by atoms with Crippen LogP contribution in [0.1, 0.15) is 18.5 Å². The van der Waals surface area contributed by atoms with Crippen molar-refractivity contribution in [3.8, 4) is 6.07 Å². The first-order valence-corrected chi connectivity index (χ1v) is 6.60. The maximum Gasteiger partial charge on any atom is 0.178 e. The molecule has 5 heteroatoms. The molecule has 1 unspecified atom stereocenters. The van der Waals surface area contributed by atoms with Gasteiger partial charge in [-0.2, -0.15) is 5.26 Å². The van der Waals surface area contributed by atoms with Gasteiger partial charge in [-0.25, -0.2) is 8.42 Å². The minimum absolute atomic E-state index is 0.0834. The number of rotatable bonds is 4. The highest BCUT2D eigenvalue weighted by Gasteiger charge is 2.13. The van der Waals surface area contributed by atoms with Crippen molar-refractivity contribution in [2.45, 2.75) is 17.9 Å².